The Morgan fingerprint density at radius 1 is 0.947 bits per heavy atom. The molecule has 4 amide bonds. The van der Waals surface area contributed by atoms with Crippen LogP contribution in [0.5, 0.6) is 11.5 Å². The van der Waals surface area contributed by atoms with Gasteiger partial charge in [0.15, 0.2) is 0 Å². The van der Waals surface area contributed by atoms with Crippen molar-refractivity contribution < 1.29 is 28.2 Å². The molecule has 1 saturated heterocycles. The Morgan fingerprint density at radius 3 is 2.50 bits per heavy atom. The summed E-state index contributed by atoms with van der Waals surface area (Å²) in [5.41, 5.74) is 1.54. The Bertz CT molecular complexity index is 1560. The first-order valence-corrected chi connectivity index (χ1v) is 12.0. The van der Waals surface area contributed by atoms with Gasteiger partial charge < -0.3 is 14.0 Å². The number of urea groups is 1. The Kier molecular flexibility index (Phi) is 6.90. The highest BCUT2D eigenvalue weighted by Gasteiger charge is 2.37. The molecule has 9 heteroatoms. The van der Waals surface area contributed by atoms with E-state index in [2.05, 4.69) is 5.32 Å². The summed E-state index contributed by atoms with van der Waals surface area (Å²) in [7, 11) is 1.60. The highest BCUT2D eigenvalue weighted by Crippen LogP contribution is 2.27. The molecule has 0 atom stereocenters. The van der Waals surface area contributed by atoms with E-state index in [-0.39, 0.29) is 11.3 Å². The summed E-state index contributed by atoms with van der Waals surface area (Å²) in [5.74, 6) is -0.644. The fourth-order valence-corrected chi connectivity index (χ4v) is 4.33. The van der Waals surface area contributed by atoms with Crippen molar-refractivity contribution in [3.8, 4) is 11.5 Å². The van der Waals surface area contributed by atoms with E-state index in [0.717, 1.165) is 33.7 Å². The molecule has 0 aliphatic carbocycles. The second-order valence-corrected chi connectivity index (χ2v) is 8.61. The molecule has 1 aliphatic heterocycles. The van der Waals surface area contributed by atoms with Crippen LogP contribution < -0.4 is 19.7 Å². The van der Waals surface area contributed by atoms with Gasteiger partial charge in [0.2, 0.25) is 0 Å². The molecule has 0 spiro atoms. The van der Waals surface area contributed by atoms with Crippen LogP contribution in [0, 0.1) is 5.82 Å². The van der Waals surface area contributed by atoms with Crippen LogP contribution in [0.25, 0.3) is 17.0 Å². The first kappa shape index (κ1) is 24.8. The van der Waals surface area contributed by atoms with Crippen LogP contribution in [0.2, 0.25) is 0 Å². The summed E-state index contributed by atoms with van der Waals surface area (Å²) in [6.07, 6.45) is 4.05. The number of anilines is 1. The van der Waals surface area contributed by atoms with Crippen molar-refractivity contribution in [2.45, 2.75) is 13.0 Å². The van der Waals surface area contributed by atoms with Crippen molar-refractivity contribution in [3.05, 3.63) is 95.9 Å². The van der Waals surface area contributed by atoms with Crippen LogP contribution in [0.3, 0.4) is 0 Å². The molecule has 192 valence electrons. The highest BCUT2D eigenvalue weighted by atomic mass is 19.1. The predicted octanol–water partition coefficient (Wildman–Crippen LogP) is 4.92. The van der Waals surface area contributed by atoms with Crippen molar-refractivity contribution >= 4 is 40.5 Å². The number of rotatable bonds is 8. The predicted molar refractivity (Wildman–Crippen MR) is 140 cm³/mol. The molecule has 0 saturated carbocycles. The Balaban J connectivity index is 1.38. The van der Waals surface area contributed by atoms with Crippen molar-refractivity contribution in [2.24, 2.45) is 0 Å². The monoisotopic (exact) mass is 513 g/mol. The number of carbonyl (C=O) groups excluding carboxylic acids is 3. The Labute approximate surface area is 217 Å². The molecule has 0 radical (unpaired) electrons. The Morgan fingerprint density at radius 2 is 1.71 bits per heavy atom. The number of ether oxygens (including phenoxy) is 2. The van der Waals surface area contributed by atoms with Gasteiger partial charge in [0, 0.05) is 35.3 Å². The van der Waals surface area contributed by atoms with Crippen molar-refractivity contribution in [2.75, 3.05) is 18.6 Å². The van der Waals surface area contributed by atoms with E-state index in [1.54, 1.807) is 7.11 Å². The summed E-state index contributed by atoms with van der Waals surface area (Å²) in [6, 6.07) is 19.0. The van der Waals surface area contributed by atoms with Gasteiger partial charge in [-0.05, 0) is 55.0 Å². The van der Waals surface area contributed by atoms with Crippen LogP contribution in [-0.4, -0.2) is 36.1 Å². The van der Waals surface area contributed by atoms with E-state index >= 15 is 0 Å². The summed E-state index contributed by atoms with van der Waals surface area (Å²) < 4.78 is 26.5. The van der Waals surface area contributed by atoms with Gasteiger partial charge in [-0.15, -0.1) is 0 Å². The smallest absolute Gasteiger partial charge is 0.335 e. The lowest BCUT2D eigenvalue weighted by Crippen LogP contribution is -2.54. The van der Waals surface area contributed by atoms with E-state index in [4.69, 9.17) is 9.47 Å². The maximum Gasteiger partial charge on any atom is 0.335 e. The van der Waals surface area contributed by atoms with Gasteiger partial charge in [-0.1, -0.05) is 24.3 Å². The van der Waals surface area contributed by atoms with E-state index in [9.17, 15) is 18.8 Å². The van der Waals surface area contributed by atoms with Gasteiger partial charge in [0.05, 0.1) is 19.4 Å². The molecule has 2 heterocycles. The van der Waals surface area contributed by atoms with Crippen LogP contribution in [0.15, 0.2) is 84.6 Å². The number of carbonyl (C=O) groups is 3. The third kappa shape index (κ3) is 4.99. The Hall–Kier alpha value is -4.92. The van der Waals surface area contributed by atoms with Gasteiger partial charge in [0.25, 0.3) is 11.8 Å². The van der Waals surface area contributed by atoms with E-state index in [0.29, 0.717) is 30.9 Å². The zero-order chi connectivity index (χ0) is 26.6. The number of fused-ring (bicyclic) bond motifs is 1. The molecule has 4 aromatic rings. The van der Waals surface area contributed by atoms with Gasteiger partial charge >= 0.3 is 6.03 Å². The number of halogens is 1. The number of para-hydroxylation sites is 1. The number of nitrogens with one attached hydrogen (secondary N) is 1. The molecule has 8 nitrogen and oxygen atoms in total. The maximum atomic E-state index is 13.4. The van der Waals surface area contributed by atoms with E-state index < -0.39 is 23.7 Å². The molecular weight excluding hydrogens is 489 g/mol. The number of methoxy groups -OCH3 is 1. The lowest BCUT2D eigenvalue weighted by molar-refractivity contribution is -0.122. The molecule has 0 bridgehead atoms. The van der Waals surface area contributed by atoms with Gasteiger partial charge in [-0.25, -0.2) is 14.1 Å². The number of amides is 4. The largest absolute Gasteiger partial charge is 0.497 e. The molecule has 1 N–H and O–H groups in total. The van der Waals surface area contributed by atoms with Crippen LogP contribution in [0.1, 0.15) is 12.0 Å². The maximum absolute atomic E-state index is 13.4. The summed E-state index contributed by atoms with van der Waals surface area (Å²) in [4.78, 5) is 39.1. The van der Waals surface area contributed by atoms with Crippen molar-refractivity contribution in [1.82, 2.24) is 9.88 Å². The first-order valence-electron chi connectivity index (χ1n) is 12.0. The van der Waals surface area contributed by atoms with E-state index in [1.165, 1.54) is 18.2 Å². The summed E-state index contributed by atoms with van der Waals surface area (Å²) in [5, 5.41) is 3.04. The van der Waals surface area contributed by atoms with Gasteiger partial charge in [-0.3, -0.25) is 14.9 Å². The zero-order valence-corrected chi connectivity index (χ0v) is 20.5. The fourth-order valence-electron chi connectivity index (χ4n) is 4.33. The second-order valence-electron chi connectivity index (χ2n) is 8.61. The highest BCUT2D eigenvalue weighted by molar-refractivity contribution is 6.39. The quantitative estimate of drug-likeness (QED) is 0.205. The number of hydrogen-bond acceptors (Lipinski definition) is 5. The molecule has 1 fully saturated rings. The van der Waals surface area contributed by atoms with Gasteiger partial charge in [0.1, 0.15) is 22.9 Å². The standard InChI is InChI=1S/C29H24FN3O5/c1-37-22-6-4-7-23(17-22)38-15-5-14-32-18-19(24-8-2-3-9-26(24)32)16-25-27(34)31-29(36)33(28(25)35)21-12-10-20(30)11-13-21/h2-4,6-13,16-18H,5,14-15H2,1H3,(H,31,34,36). The fraction of sp³-hybridized carbons (Fsp3) is 0.138. The first-order chi connectivity index (χ1) is 18.4. The average Bonchev–Trinajstić information content (AvgIpc) is 3.27. The number of aromatic nitrogens is 1. The molecule has 38 heavy (non-hydrogen) atoms. The van der Waals surface area contributed by atoms with E-state index in [1.807, 2.05) is 59.3 Å². The third-order valence-corrected chi connectivity index (χ3v) is 6.16. The lowest BCUT2D eigenvalue weighted by Gasteiger charge is -2.26. The number of hydrogen-bond donors (Lipinski definition) is 1. The summed E-state index contributed by atoms with van der Waals surface area (Å²) >= 11 is 0. The molecule has 1 aromatic heterocycles. The molecule has 5 rings (SSSR count). The minimum absolute atomic E-state index is 0.158. The van der Waals surface area contributed by atoms with Crippen LogP contribution >= 0.6 is 0 Å². The number of benzene rings is 3. The normalized spacial score (nSPS) is 14.7. The lowest BCUT2D eigenvalue weighted by atomic mass is 10.1. The van der Waals surface area contributed by atoms with Crippen LogP contribution in [-0.2, 0) is 16.1 Å². The average molecular weight is 514 g/mol. The second kappa shape index (κ2) is 10.6. The molecule has 0 unspecified atom stereocenters. The third-order valence-electron chi connectivity index (χ3n) is 6.16. The zero-order valence-electron chi connectivity index (χ0n) is 20.5. The minimum atomic E-state index is -0.887. The van der Waals surface area contributed by atoms with Crippen molar-refractivity contribution in [1.29, 1.82) is 0 Å². The molecule has 1 aliphatic rings. The number of nitrogens with zero attached hydrogens (tertiary/aromatic N) is 2. The number of imide groups is 2. The molecule has 3 aromatic carbocycles. The summed E-state index contributed by atoms with van der Waals surface area (Å²) in [6.45, 7) is 1.11. The number of barbiturate groups is 1. The van der Waals surface area contributed by atoms with Crippen molar-refractivity contribution in [3.63, 3.8) is 0 Å². The SMILES string of the molecule is COc1cccc(OCCCn2cc(C=C3C(=O)NC(=O)N(c4ccc(F)cc4)C3=O)c3ccccc32)c1. The topological polar surface area (TPSA) is 89.9 Å². The van der Waals surface area contributed by atoms with Crippen LogP contribution in [0.4, 0.5) is 14.9 Å². The minimum Gasteiger partial charge on any atom is -0.497 e. The van der Waals surface area contributed by atoms with Gasteiger partial charge in [-0.2, -0.15) is 0 Å². The molecular formula is C29H24FN3O5. The number of aryl methyl sites for hydroxylation is 1.